The van der Waals surface area contributed by atoms with Crippen LogP contribution in [0.2, 0.25) is 5.02 Å². The van der Waals surface area contributed by atoms with Crippen molar-refractivity contribution in [2.45, 2.75) is 6.54 Å². The fraction of sp³-hybridized carbons (Fsp3) is 0.154. The number of carbonyl (C=O) groups is 1. The molecule has 2 N–H and O–H groups in total. The molecule has 0 spiro atoms. The van der Waals surface area contributed by atoms with Gasteiger partial charge in [0.05, 0.1) is 17.8 Å². The van der Waals surface area contributed by atoms with E-state index < -0.39 is 11.8 Å². The molecule has 0 aliphatic carbocycles. The summed E-state index contributed by atoms with van der Waals surface area (Å²) in [6.07, 6.45) is 1.31. The molecule has 1 heterocycles. The van der Waals surface area contributed by atoms with Gasteiger partial charge < -0.3 is 10.5 Å². The standard InChI is InChI=1S/C13H10ClFN4O2/c14-9-2-1-3-10(15)11(9)13(20)21-5-4-19-12(17)8(6-16)7-18-19/h1-3,7H,4-5,17H2. The van der Waals surface area contributed by atoms with Crippen molar-refractivity contribution in [3.8, 4) is 6.07 Å². The molecule has 0 bridgehead atoms. The highest BCUT2D eigenvalue weighted by atomic mass is 35.5. The van der Waals surface area contributed by atoms with Gasteiger partial charge in [0.2, 0.25) is 0 Å². The molecule has 0 aliphatic rings. The summed E-state index contributed by atoms with van der Waals surface area (Å²) in [6, 6.07) is 5.78. The van der Waals surface area contributed by atoms with Crippen LogP contribution in [0, 0.1) is 17.1 Å². The number of carbonyl (C=O) groups excluding carboxylic acids is 1. The highest BCUT2D eigenvalue weighted by molar-refractivity contribution is 6.33. The number of nitriles is 1. The van der Waals surface area contributed by atoms with E-state index in [-0.39, 0.29) is 35.1 Å². The fourth-order valence-electron chi connectivity index (χ4n) is 1.65. The zero-order chi connectivity index (χ0) is 15.4. The van der Waals surface area contributed by atoms with Gasteiger partial charge in [0.25, 0.3) is 0 Å². The van der Waals surface area contributed by atoms with Crippen molar-refractivity contribution in [2.75, 3.05) is 12.3 Å². The van der Waals surface area contributed by atoms with Crippen molar-refractivity contribution in [3.63, 3.8) is 0 Å². The molecule has 0 amide bonds. The van der Waals surface area contributed by atoms with E-state index in [2.05, 4.69) is 5.10 Å². The second-order valence-corrected chi connectivity index (χ2v) is 4.42. The monoisotopic (exact) mass is 308 g/mol. The number of nitrogens with two attached hydrogens (primary N) is 1. The van der Waals surface area contributed by atoms with Crippen molar-refractivity contribution >= 4 is 23.4 Å². The van der Waals surface area contributed by atoms with Gasteiger partial charge in [-0.25, -0.2) is 13.9 Å². The molecule has 0 aliphatic heterocycles. The van der Waals surface area contributed by atoms with Crippen LogP contribution in [0.4, 0.5) is 10.2 Å². The Kier molecular flexibility index (Phi) is 4.40. The van der Waals surface area contributed by atoms with E-state index in [9.17, 15) is 9.18 Å². The summed E-state index contributed by atoms with van der Waals surface area (Å²) in [4.78, 5) is 11.8. The first kappa shape index (κ1) is 14.8. The molecule has 8 heteroatoms. The first-order valence-electron chi connectivity index (χ1n) is 5.87. The quantitative estimate of drug-likeness (QED) is 0.872. The average molecular weight is 309 g/mol. The number of esters is 1. The molecule has 0 saturated heterocycles. The summed E-state index contributed by atoms with van der Waals surface area (Å²) in [5.74, 6) is -1.44. The number of anilines is 1. The Labute approximate surface area is 124 Å². The number of nitrogens with zero attached hydrogens (tertiary/aromatic N) is 3. The number of benzene rings is 1. The van der Waals surface area contributed by atoms with Crippen LogP contribution in [0.25, 0.3) is 0 Å². The Balaban J connectivity index is 1.99. The molecule has 0 radical (unpaired) electrons. The second kappa shape index (κ2) is 6.24. The van der Waals surface area contributed by atoms with Gasteiger partial charge in [-0.2, -0.15) is 10.4 Å². The largest absolute Gasteiger partial charge is 0.460 e. The number of hydrogen-bond donors (Lipinski definition) is 1. The van der Waals surface area contributed by atoms with Crippen LogP contribution >= 0.6 is 11.6 Å². The third kappa shape index (κ3) is 3.12. The highest BCUT2D eigenvalue weighted by Crippen LogP contribution is 2.19. The first-order valence-corrected chi connectivity index (χ1v) is 6.25. The Hall–Kier alpha value is -2.59. The smallest absolute Gasteiger partial charge is 0.342 e. The normalized spacial score (nSPS) is 10.1. The Bertz CT molecular complexity index is 703. The Morgan fingerprint density at radius 2 is 2.33 bits per heavy atom. The molecule has 21 heavy (non-hydrogen) atoms. The van der Waals surface area contributed by atoms with E-state index in [1.165, 1.54) is 23.0 Å². The van der Waals surface area contributed by atoms with Gasteiger partial charge in [-0.05, 0) is 12.1 Å². The molecule has 0 fully saturated rings. The second-order valence-electron chi connectivity index (χ2n) is 4.01. The van der Waals surface area contributed by atoms with Gasteiger partial charge in [-0.15, -0.1) is 0 Å². The SMILES string of the molecule is N#Cc1cnn(CCOC(=O)c2c(F)cccc2Cl)c1N. The van der Waals surface area contributed by atoms with Crippen molar-refractivity contribution in [1.29, 1.82) is 5.26 Å². The lowest BCUT2D eigenvalue weighted by atomic mass is 10.2. The number of nitrogen functional groups attached to an aromatic ring is 1. The minimum Gasteiger partial charge on any atom is -0.460 e. The number of ether oxygens (including phenoxy) is 1. The lowest BCUT2D eigenvalue weighted by Gasteiger charge is -2.08. The summed E-state index contributed by atoms with van der Waals surface area (Å²) >= 11 is 5.75. The molecule has 0 saturated carbocycles. The van der Waals surface area contributed by atoms with Crippen LogP contribution in [0.1, 0.15) is 15.9 Å². The van der Waals surface area contributed by atoms with Crippen molar-refractivity contribution < 1.29 is 13.9 Å². The third-order valence-electron chi connectivity index (χ3n) is 2.70. The van der Waals surface area contributed by atoms with Crippen LogP contribution in [0.15, 0.2) is 24.4 Å². The number of aromatic nitrogens is 2. The fourth-order valence-corrected chi connectivity index (χ4v) is 1.89. The zero-order valence-corrected chi connectivity index (χ0v) is 11.5. The van der Waals surface area contributed by atoms with Crippen molar-refractivity contribution in [1.82, 2.24) is 9.78 Å². The zero-order valence-electron chi connectivity index (χ0n) is 10.7. The van der Waals surface area contributed by atoms with Gasteiger partial charge in [-0.3, -0.25) is 0 Å². The average Bonchev–Trinajstić information content (AvgIpc) is 2.79. The maximum Gasteiger partial charge on any atom is 0.342 e. The summed E-state index contributed by atoms with van der Waals surface area (Å²) in [5.41, 5.74) is 5.57. The van der Waals surface area contributed by atoms with Crippen LogP contribution in [-0.2, 0) is 11.3 Å². The molecule has 1 aromatic carbocycles. The molecular weight excluding hydrogens is 299 g/mol. The molecule has 2 rings (SSSR count). The molecule has 0 unspecified atom stereocenters. The Morgan fingerprint density at radius 1 is 1.57 bits per heavy atom. The predicted octanol–water partition coefficient (Wildman–Crippen LogP) is 1.99. The van der Waals surface area contributed by atoms with E-state index in [0.717, 1.165) is 6.07 Å². The molecule has 108 valence electrons. The van der Waals surface area contributed by atoms with Gasteiger partial charge in [-0.1, -0.05) is 17.7 Å². The Morgan fingerprint density at radius 3 is 2.95 bits per heavy atom. The van der Waals surface area contributed by atoms with Gasteiger partial charge in [0, 0.05) is 0 Å². The third-order valence-corrected chi connectivity index (χ3v) is 3.02. The topological polar surface area (TPSA) is 93.9 Å². The summed E-state index contributed by atoms with van der Waals surface area (Å²) in [5, 5.41) is 12.6. The summed E-state index contributed by atoms with van der Waals surface area (Å²) < 4.78 is 19.7. The minimum absolute atomic E-state index is 0.0228. The van der Waals surface area contributed by atoms with Crippen molar-refractivity contribution in [3.05, 3.63) is 46.4 Å². The number of halogens is 2. The number of rotatable bonds is 4. The van der Waals surface area contributed by atoms with E-state index in [0.29, 0.717) is 0 Å². The molecule has 0 atom stereocenters. The van der Waals surface area contributed by atoms with Gasteiger partial charge >= 0.3 is 5.97 Å². The number of hydrogen-bond acceptors (Lipinski definition) is 5. The predicted molar refractivity (Wildman–Crippen MR) is 73.0 cm³/mol. The van der Waals surface area contributed by atoms with Crippen LogP contribution in [0.3, 0.4) is 0 Å². The minimum atomic E-state index is -0.871. The van der Waals surface area contributed by atoms with E-state index >= 15 is 0 Å². The maximum absolute atomic E-state index is 13.5. The molecule has 6 nitrogen and oxygen atoms in total. The van der Waals surface area contributed by atoms with Crippen LogP contribution in [-0.4, -0.2) is 22.4 Å². The van der Waals surface area contributed by atoms with Crippen LogP contribution < -0.4 is 5.73 Å². The van der Waals surface area contributed by atoms with Crippen molar-refractivity contribution in [2.24, 2.45) is 0 Å². The molecule has 2 aromatic rings. The van der Waals surface area contributed by atoms with E-state index in [1.54, 1.807) is 0 Å². The van der Waals surface area contributed by atoms with E-state index in [1.807, 2.05) is 6.07 Å². The van der Waals surface area contributed by atoms with Crippen LogP contribution in [0.5, 0.6) is 0 Å². The summed E-state index contributed by atoms with van der Waals surface area (Å²) in [6.45, 7) is 0.0611. The first-order chi connectivity index (χ1) is 10.0. The summed E-state index contributed by atoms with van der Waals surface area (Å²) in [7, 11) is 0. The van der Waals surface area contributed by atoms with Gasteiger partial charge in [0.15, 0.2) is 0 Å². The highest BCUT2D eigenvalue weighted by Gasteiger charge is 2.17. The van der Waals surface area contributed by atoms with E-state index in [4.69, 9.17) is 27.3 Å². The molecule has 1 aromatic heterocycles. The van der Waals surface area contributed by atoms with Gasteiger partial charge in [0.1, 0.15) is 35.4 Å². The maximum atomic E-state index is 13.5. The molecular formula is C13H10ClFN4O2. The lowest BCUT2D eigenvalue weighted by molar-refractivity contribution is 0.0483. The lowest BCUT2D eigenvalue weighted by Crippen LogP contribution is -2.15.